The van der Waals surface area contributed by atoms with Gasteiger partial charge in [0.15, 0.2) is 10.0 Å². The minimum absolute atomic E-state index is 0.00927. The van der Waals surface area contributed by atoms with Crippen LogP contribution in [-0.4, -0.2) is 63.2 Å². The molecule has 1 aliphatic heterocycles. The highest BCUT2D eigenvalue weighted by molar-refractivity contribution is 8.01. The molecule has 2 N–H and O–H groups in total. The molecule has 2 atom stereocenters. The van der Waals surface area contributed by atoms with Crippen LogP contribution in [0.15, 0.2) is 21.9 Å². The highest BCUT2D eigenvalue weighted by Gasteiger charge is 2.44. The number of aromatic nitrogens is 1. The number of ether oxygens (including phenoxy) is 1. The second-order valence-corrected chi connectivity index (χ2v) is 11.4. The number of thioether (sulfide) groups is 1. The summed E-state index contributed by atoms with van der Waals surface area (Å²) in [7, 11) is 0. The Bertz CT molecular complexity index is 832. The molecule has 2 unspecified atom stereocenters. The quantitative estimate of drug-likeness (QED) is 0.366. The maximum atomic E-state index is 12.2. The van der Waals surface area contributed by atoms with Crippen molar-refractivity contribution in [3.8, 4) is 0 Å². The molecule has 2 aliphatic carbocycles. The minimum atomic E-state index is -1.03. The number of aromatic carboxylic acids is 1. The lowest BCUT2D eigenvalue weighted by Gasteiger charge is -2.47. The van der Waals surface area contributed by atoms with E-state index in [2.05, 4.69) is 4.98 Å². The van der Waals surface area contributed by atoms with Crippen LogP contribution in [0.25, 0.3) is 0 Å². The molecule has 9 heteroatoms. The molecule has 0 spiro atoms. The Morgan fingerprint density at radius 3 is 2.78 bits per heavy atom. The third-order valence-electron chi connectivity index (χ3n) is 7.18. The van der Waals surface area contributed by atoms with Gasteiger partial charge in [0.05, 0.1) is 12.1 Å². The summed E-state index contributed by atoms with van der Waals surface area (Å²) in [5, 5.41) is 21.5. The minimum Gasteiger partial charge on any atom is -0.476 e. The van der Waals surface area contributed by atoms with E-state index in [1.165, 1.54) is 67.0 Å². The molecular weight excluding hydrogens is 448 g/mol. The number of carbonyl (C=O) groups excluding carboxylic acids is 1. The Hall–Kier alpha value is -1.58. The number of carboxylic acid groups (broad SMARTS) is 1. The fourth-order valence-electron chi connectivity index (χ4n) is 5.19. The number of carbonyl (C=O) groups is 2. The zero-order valence-corrected chi connectivity index (χ0v) is 19.9. The Morgan fingerprint density at radius 1 is 1.34 bits per heavy atom. The topological polar surface area (TPSA) is 100.0 Å². The van der Waals surface area contributed by atoms with Crippen LogP contribution < -0.4 is 0 Å². The van der Waals surface area contributed by atoms with Crippen molar-refractivity contribution in [1.82, 2.24) is 9.88 Å². The number of nitrogens with zero attached hydrogens (tertiary/aromatic N) is 2. The molecular formula is C23H32N2O5S2. The number of hydrogen-bond donors (Lipinski definition) is 2. The van der Waals surface area contributed by atoms with E-state index < -0.39 is 12.1 Å². The smallest absolute Gasteiger partial charge is 0.410 e. The second-order valence-electron chi connectivity index (χ2n) is 9.24. The van der Waals surface area contributed by atoms with Crippen LogP contribution in [0.4, 0.5) is 4.79 Å². The molecule has 1 aromatic rings. The molecule has 0 radical (unpaired) electrons. The van der Waals surface area contributed by atoms with E-state index in [1.807, 2.05) is 12.2 Å². The normalized spacial score (nSPS) is 24.5. The van der Waals surface area contributed by atoms with Gasteiger partial charge in [-0.05, 0) is 25.2 Å². The van der Waals surface area contributed by atoms with E-state index in [-0.39, 0.29) is 23.2 Å². The standard InChI is InChI=1S/C23H32N2O5S2/c26-19(23(9-4-10-23)13-16-5-2-1-3-6-16)8-7-17-14-30-22(29)25(17)11-12-31-21-24-18(15-32-21)20(27)28/h7-8,15-17,19,26H,1-6,9-14H2,(H,27,28). The number of cyclic esters (lactones) is 1. The maximum Gasteiger partial charge on any atom is 0.410 e. The van der Waals surface area contributed by atoms with Crippen molar-refractivity contribution in [1.29, 1.82) is 0 Å². The van der Waals surface area contributed by atoms with Gasteiger partial charge in [0.2, 0.25) is 0 Å². The number of amides is 1. The summed E-state index contributed by atoms with van der Waals surface area (Å²) in [6.07, 6.45) is 14.1. The molecule has 1 amide bonds. The van der Waals surface area contributed by atoms with Crippen molar-refractivity contribution in [3.05, 3.63) is 23.2 Å². The fraction of sp³-hybridized carbons (Fsp3) is 0.696. The van der Waals surface area contributed by atoms with Crippen molar-refractivity contribution in [2.45, 2.75) is 74.3 Å². The van der Waals surface area contributed by atoms with Gasteiger partial charge >= 0.3 is 12.1 Å². The molecule has 176 valence electrons. The Morgan fingerprint density at radius 2 is 2.12 bits per heavy atom. The summed E-state index contributed by atoms with van der Waals surface area (Å²) < 4.78 is 5.92. The van der Waals surface area contributed by atoms with Gasteiger partial charge in [0.1, 0.15) is 6.61 Å². The Balaban J connectivity index is 1.30. The van der Waals surface area contributed by atoms with Crippen LogP contribution >= 0.6 is 23.1 Å². The van der Waals surface area contributed by atoms with E-state index in [0.29, 0.717) is 23.2 Å². The molecule has 2 heterocycles. The van der Waals surface area contributed by atoms with Crippen molar-refractivity contribution in [2.75, 3.05) is 18.9 Å². The molecule has 1 aromatic heterocycles. The predicted molar refractivity (Wildman–Crippen MR) is 124 cm³/mol. The number of carboxylic acids is 1. The first-order chi connectivity index (χ1) is 15.5. The van der Waals surface area contributed by atoms with Gasteiger partial charge in [-0.3, -0.25) is 4.90 Å². The third kappa shape index (κ3) is 5.48. The molecule has 3 fully saturated rings. The number of aliphatic hydroxyl groups is 1. The van der Waals surface area contributed by atoms with Crippen LogP contribution in [0, 0.1) is 11.3 Å². The second kappa shape index (κ2) is 10.6. The molecule has 4 rings (SSSR count). The summed E-state index contributed by atoms with van der Waals surface area (Å²) in [5.41, 5.74) is 0.0565. The van der Waals surface area contributed by atoms with Gasteiger partial charge < -0.3 is 14.9 Å². The summed E-state index contributed by atoms with van der Waals surface area (Å²) in [5.74, 6) is 0.303. The average Bonchev–Trinajstić information content (AvgIpc) is 3.37. The van der Waals surface area contributed by atoms with E-state index in [0.717, 1.165) is 25.2 Å². The summed E-state index contributed by atoms with van der Waals surface area (Å²) in [4.78, 5) is 28.9. The monoisotopic (exact) mass is 480 g/mol. The molecule has 0 bridgehead atoms. The van der Waals surface area contributed by atoms with E-state index in [1.54, 1.807) is 4.90 Å². The first kappa shape index (κ1) is 23.6. The van der Waals surface area contributed by atoms with Crippen molar-refractivity contribution >= 4 is 35.2 Å². The van der Waals surface area contributed by atoms with Crippen LogP contribution in [0.3, 0.4) is 0 Å². The molecule has 0 aromatic carbocycles. The number of thiazole rings is 1. The first-order valence-electron chi connectivity index (χ1n) is 11.6. The van der Waals surface area contributed by atoms with Crippen molar-refractivity contribution in [2.24, 2.45) is 11.3 Å². The number of rotatable bonds is 10. The predicted octanol–water partition coefficient (Wildman–Crippen LogP) is 4.81. The van der Waals surface area contributed by atoms with Gasteiger partial charge in [-0.2, -0.15) is 0 Å². The molecule has 2 saturated carbocycles. The summed E-state index contributed by atoms with van der Waals surface area (Å²) in [6, 6.07) is -0.185. The van der Waals surface area contributed by atoms with E-state index in [9.17, 15) is 14.7 Å². The van der Waals surface area contributed by atoms with Crippen LogP contribution in [-0.2, 0) is 4.74 Å². The molecule has 32 heavy (non-hydrogen) atoms. The largest absolute Gasteiger partial charge is 0.476 e. The highest BCUT2D eigenvalue weighted by atomic mass is 32.2. The van der Waals surface area contributed by atoms with Gasteiger partial charge in [-0.15, -0.1) is 11.3 Å². The average molecular weight is 481 g/mol. The zero-order chi connectivity index (χ0) is 22.6. The Kier molecular flexibility index (Phi) is 7.78. The summed E-state index contributed by atoms with van der Waals surface area (Å²) in [6.45, 7) is 0.770. The summed E-state index contributed by atoms with van der Waals surface area (Å²) >= 11 is 2.72. The van der Waals surface area contributed by atoms with Gasteiger partial charge in [-0.25, -0.2) is 14.6 Å². The van der Waals surface area contributed by atoms with Gasteiger partial charge in [0.25, 0.3) is 0 Å². The molecule has 7 nitrogen and oxygen atoms in total. The first-order valence-corrected chi connectivity index (χ1v) is 13.4. The van der Waals surface area contributed by atoms with Crippen LogP contribution in [0.1, 0.15) is 68.3 Å². The van der Waals surface area contributed by atoms with Gasteiger partial charge in [0, 0.05) is 23.1 Å². The highest BCUT2D eigenvalue weighted by Crippen LogP contribution is 2.51. The fourth-order valence-corrected chi connectivity index (χ4v) is 7.00. The number of hydrogen-bond acceptors (Lipinski definition) is 7. The van der Waals surface area contributed by atoms with Crippen LogP contribution in [0.2, 0.25) is 0 Å². The lowest BCUT2D eigenvalue weighted by Crippen LogP contribution is -2.42. The van der Waals surface area contributed by atoms with E-state index >= 15 is 0 Å². The van der Waals surface area contributed by atoms with Gasteiger partial charge in [-0.1, -0.05) is 62.4 Å². The number of aliphatic hydroxyl groups excluding tert-OH is 1. The zero-order valence-electron chi connectivity index (χ0n) is 18.3. The Labute approximate surface area is 197 Å². The van der Waals surface area contributed by atoms with E-state index in [4.69, 9.17) is 9.84 Å². The third-order valence-corrected chi connectivity index (χ3v) is 9.19. The lowest BCUT2D eigenvalue weighted by molar-refractivity contribution is -0.0291. The maximum absolute atomic E-state index is 12.2. The van der Waals surface area contributed by atoms with Crippen molar-refractivity contribution < 1.29 is 24.5 Å². The van der Waals surface area contributed by atoms with Crippen LogP contribution in [0.5, 0.6) is 0 Å². The molecule has 3 aliphatic rings. The molecule has 1 saturated heterocycles. The van der Waals surface area contributed by atoms with Crippen molar-refractivity contribution in [3.63, 3.8) is 0 Å². The SMILES string of the molecule is O=C(O)c1csc(SCCN2C(=O)OCC2C=CC(O)C2(CC3CCCCC3)CCC2)n1. The lowest BCUT2D eigenvalue weighted by atomic mass is 9.59.